The molecule has 1 fully saturated rings. The summed E-state index contributed by atoms with van der Waals surface area (Å²) in [6, 6.07) is -0.604. The highest BCUT2D eigenvalue weighted by molar-refractivity contribution is 6.01. The quantitative estimate of drug-likeness (QED) is 0.613. The van der Waals surface area contributed by atoms with E-state index >= 15 is 0 Å². The maximum absolute atomic E-state index is 11.3. The van der Waals surface area contributed by atoms with Crippen molar-refractivity contribution in [3.8, 4) is 0 Å². The average molecular weight is 242 g/mol. The molecule has 6 nitrogen and oxygen atoms in total. The molecule has 2 amide bonds. The predicted molar refractivity (Wildman–Crippen MR) is 60.3 cm³/mol. The zero-order chi connectivity index (χ0) is 12.8. The van der Waals surface area contributed by atoms with Gasteiger partial charge in [0.25, 0.3) is 0 Å². The highest BCUT2D eigenvalue weighted by Gasteiger charge is 2.28. The van der Waals surface area contributed by atoms with Gasteiger partial charge in [-0.2, -0.15) is 0 Å². The number of carboxylic acids is 1. The van der Waals surface area contributed by atoms with E-state index in [0.29, 0.717) is 13.0 Å². The summed E-state index contributed by atoms with van der Waals surface area (Å²) in [6.45, 7) is 2.49. The van der Waals surface area contributed by atoms with Crippen LogP contribution in [-0.4, -0.2) is 46.9 Å². The number of imide groups is 1. The van der Waals surface area contributed by atoms with Crippen molar-refractivity contribution in [1.82, 2.24) is 10.2 Å². The second-order valence-corrected chi connectivity index (χ2v) is 4.07. The first kappa shape index (κ1) is 13.6. The Morgan fingerprint density at radius 2 is 2.00 bits per heavy atom. The number of likely N-dealkylation sites (tertiary alicyclic amines) is 1. The minimum Gasteiger partial charge on any atom is -0.480 e. The van der Waals surface area contributed by atoms with Crippen LogP contribution in [0.1, 0.15) is 32.6 Å². The maximum Gasteiger partial charge on any atom is 0.320 e. The molecule has 96 valence electrons. The molecule has 1 heterocycles. The van der Waals surface area contributed by atoms with Gasteiger partial charge in [-0.25, -0.2) is 0 Å². The lowest BCUT2D eigenvalue weighted by molar-refractivity contribution is -0.139. The molecule has 0 radical (unpaired) electrons. The fourth-order valence-electron chi connectivity index (χ4n) is 1.82. The molecule has 1 unspecified atom stereocenters. The Kier molecular flexibility index (Phi) is 5.09. The number of aliphatic carboxylic acids is 1. The standard InChI is InChI=1S/C11H18N2O4/c1-2-3-8(11(16)17)12-6-7-13-9(14)4-5-10(13)15/h8,12H,2-7H2,1H3,(H,16,17). The highest BCUT2D eigenvalue weighted by Crippen LogP contribution is 2.10. The topological polar surface area (TPSA) is 86.7 Å². The van der Waals surface area contributed by atoms with Crippen molar-refractivity contribution in [3.05, 3.63) is 0 Å². The van der Waals surface area contributed by atoms with Crippen LogP contribution >= 0.6 is 0 Å². The molecule has 0 aromatic rings. The van der Waals surface area contributed by atoms with Crippen LogP contribution in [0, 0.1) is 0 Å². The fourth-order valence-corrected chi connectivity index (χ4v) is 1.82. The molecule has 17 heavy (non-hydrogen) atoms. The average Bonchev–Trinajstić information content (AvgIpc) is 2.58. The Morgan fingerprint density at radius 1 is 1.41 bits per heavy atom. The molecule has 0 aromatic carbocycles. The predicted octanol–water partition coefficient (Wildman–Crippen LogP) is -0.0217. The molecule has 1 rings (SSSR count). The summed E-state index contributed by atoms with van der Waals surface area (Å²) in [4.78, 5) is 34.6. The van der Waals surface area contributed by atoms with E-state index in [4.69, 9.17) is 5.11 Å². The number of carboxylic acid groups (broad SMARTS) is 1. The van der Waals surface area contributed by atoms with Crippen LogP contribution in [0.5, 0.6) is 0 Å². The Hall–Kier alpha value is -1.43. The van der Waals surface area contributed by atoms with Crippen molar-refractivity contribution in [2.45, 2.75) is 38.6 Å². The third-order valence-corrected chi connectivity index (χ3v) is 2.76. The van der Waals surface area contributed by atoms with Crippen molar-refractivity contribution in [2.24, 2.45) is 0 Å². The molecule has 0 aromatic heterocycles. The van der Waals surface area contributed by atoms with Crippen molar-refractivity contribution < 1.29 is 19.5 Å². The highest BCUT2D eigenvalue weighted by atomic mass is 16.4. The van der Waals surface area contributed by atoms with E-state index < -0.39 is 12.0 Å². The third-order valence-electron chi connectivity index (χ3n) is 2.76. The normalized spacial score (nSPS) is 17.6. The van der Waals surface area contributed by atoms with E-state index in [1.807, 2.05) is 6.92 Å². The van der Waals surface area contributed by atoms with Crippen molar-refractivity contribution in [3.63, 3.8) is 0 Å². The first-order valence-electron chi connectivity index (χ1n) is 5.85. The molecule has 1 atom stereocenters. The van der Waals surface area contributed by atoms with Gasteiger partial charge >= 0.3 is 5.97 Å². The summed E-state index contributed by atoms with van der Waals surface area (Å²) in [6.07, 6.45) is 1.86. The van der Waals surface area contributed by atoms with Gasteiger partial charge < -0.3 is 10.4 Å². The van der Waals surface area contributed by atoms with Crippen LogP contribution in [0.15, 0.2) is 0 Å². The summed E-state index contributed by atoms with van der Waals surface area (Å²) >= 11 is 0. The largest absolute Gasteiger partial charge is 0.480 e. The number of carbonyl (C=O) groups is 3. The number of hydrogen-bond donors (Lipinski definition) is 2. The Morgan fingerprint density at radius 3 is 2.47 bits per heavy atom. The monoisotopic (exact) mass is 242 g/mol. The van der Waals surface area contributed by atoms with Gasteiger partial charge in [0, 0.05) is 25.9 Å². The number of rotatable bonds is 7. The van der Waals surface area contributed by atoms with Crippen molar-refractivity contribution in [1.29, 1.82) is 0 Å². The summed E-state index contributed by atoms with van der Waals surface area (Å²) < 4.78 is 0. The number of amides is 2. The van der Waals surface area contributed by atoms with Gasteiger partial charge in [0.05, 0.1) is 0 Å². The number of carbonyl (C=O) groups excluding carboxylic acids is 2. The van der Waals surface area contributed by atoms with Gasteiger partial charge in [0.2, 0.25) is 11.8 Å². The molecule has 1 aliphatic heterocycles. The minimum atomic E-state index is -0.897. The van der Waals surface area contributed by atoms with Crippen LogP contribution in [0.2, 0.25) is 0 Å². The number of nitrogens with zero attached hydrogens (tertiary/aromatic N) is 1. The van der Waals surface area contributed by atoms with Crippen molar-refractivity contribution in [2.75, 3.05) is 13.1 Å². The van der Waals surface area contributed by atoms with Gasteiger partial charge in [-0.1, -0.05) is 13.3 Å². The molecule has 1 saturated heterocycles. The molecule has 0 saturated carbocycles. The van der Waals surface area contributed by atoms with E-state index in [1.165, 1.54) is 4.90 Å². The lowest BCUT2D eigenvalue weighted by Gasteiger charge is -2.17. The van der Waals surface area contributed by atoms with Gasteiger partial charge in [0.1, 0.15) is 6.04 Å². The summed E-state index contributed by atoms with van der Waals surface area (Å²) in [5, 5.41) is 11.7. The number of nitrogens with one attached hydrogen (secondary N) is 1. The molecule has 2 N–H and O–H groups in total. The van der Waals surface area contributed by atoms with Crippen LogP contribution in [0.3, 0.4) is 0 Å². The summed E-state index contributed by atoms with van der Waals surface area (Å²) in [5.74, 6) is -1.23. The van der Waals surface area contributed by atoms with E-state index in [1.54, 1.807) is 0 Å². The lowest BCUT2D eigenvalue weighted by atomic mass is 10.2. The van der Waals surface area contributed by atoms with Crippen LogP contribution < -0.4 is 5.32 Å². The number of hydrogen-bond acceptors (Lipinski definition) is 4. The first-order chi connectivity index (χ1) is 8.06. The zero-order valence-electron chi connectivity index (χ0n) is 9.94. The molecular weight excluding hydrogens is 224 g/mol. The van der Waals surface area contributed by atoms with E-state index in [2.05, 4.69) is 5.32 Å². The zero-order valence-corrected chi connectivity index (χ0v) is 9.94. The molecular formula is C11H18N2O4. The van der Waals surface area contributed by atoms with E-state index in [9.17, 15) is 14.4 Å². The lowest BCUT2D eigenvalue weighted by Crippen LogP contribution is -2.42. The van der Waals surface area contributed by atoms with Gasteiger partial charge in [-0.05, 0) is 6.42 Å². The van der Waals surface area contributed by atoms with Crippen LogP contribution in [0.4, 0.5) is 0 Å². The second-order valence-electron chi connectivity index (χ2n) is 4.07. The van der Waals surface area contributed by atoms with Crippen LogP contribution in [-0.2, 0) is 14.4 Å². The second kappa shape index (κ2) is 6.34. The SMILES string of the molecule is CCCC(NCCN1C(=O)CCC1=O)C(=O)O. The third kappa shape index (κ3) is 3.81. The minimum absolute atomic E-state index is 0.167. The van der Waals surface area contributed by atoms with Crippen LogP contribution in [0.25, 0.3) is 0 Å². The van der Waals surface area contributed by atoms with Gasteiger partial charge in [0.15, 0.2) is 0 Å². The molecule has 1 aliphatic rings. The Bertz CT molecular complexity index is 301. The van der Waals surface area contributed by atoms with E-state index in [0.717, 1.165) is 6.42 Å². The fraction of sp³-hybridized carbons (Fsp3) is 0.727. The Labute approximate surface area is 100.0 Å². The summed E-state index contributed by atoms with van der Waals surface area (Å²) in [5.41, 5.74) is 0. The van der Waals surface area contributed by atoms with Gasteiger partial charge in [-0.3, -0.25) is 19.3 Å². The maximum atomic E-state index is 11.3. The van der Waals surface area contributed by atoms with E-state index in [-0.39, 0.29) is 31.2 Å². The summed E-state index contributed by atoms with van der Waals surface area (Å²) in [7, 11) is 0. The van der Waals surface area contributed by atoms with Crippen molar-refractivity contribution >= 4 is 17.8 Å². The first-order valence-corrected chi connectivity index (χ1v) is 5.85. The smallest absolute Gasteiger partial charge is 0.320 e. The molecule has 6 heteroatoms. The molecule has 0 bridgehead atoms. The van der Waals surface area contributed by atoms with Gasteiger partial charge in [-0.15, -0.1) is 0 Å². The Balaban J connectivity index is 2.33. The molecule has 0 aliphatic carbocycles. The molecule has 0 spiro atoms.